The fraction of sp³-hybridized carbons (Fsp3) is 0. The fourth-order valence-corrected chi connectivity index (χ4v) is 10.2. The maximum absolute atomic E-state index is 7.45. The standard InChI is InChI=1S/C35H25NSi/c1-36-31-20-24-35(25-21-31)37(32-12-4-2-5-13-32,33-14-6-3-7-15-33)34-22-18-28(19-23-34)30-17-16-27-10-8-9-11-29(27)26-30/h2-26H. The Morgan fingerprint density at radius 3 is 1.43 bits per heavy atom. The van der Waals surface area contributed by atoms with Gasteiger partial charge in [-0.2, -0.15) is 0 Å². The van der Waals surface area contributed by atoms with E-state index in [9.17, 15) is 0 Å². The van der Waals surface area contributed by atoms with E-state index in [-0.39, 0.29) is 0 Å². The molecule has 2 heteroatoms. The lowest BCUT2D eigenvalue weighted by Crippen LogP contribution is -2.74. The molecule has 0 spiro atoms. The normalized spacial score (nSPS) is 11.2. The first-order valence-corrected chi connectivity index (χ1v) is 14.5. The summed E-state index contributed by atoms with van der Waals surface area (Å²) in [6.45, 7) is 7.45. The molecule has 0 saturated heterocycles. The third-order valence-corrected chi connectivity index (χ3v) is 12.0. The van der Waals surface area contributed by atoms with Crippen molar-refractivity contribution in [1.82, 2.24) is 0 Å². The van der Waals surface area contributed by atoms with Crippen molar-refractivity contribution in [2.24, 2.45) is 0 Å². The van der Waals surface area contributed by atoms with Crippen LogP contribution in [0.5, 0.6) is 0 Å². The van der Waals surface area contributed by atoms with Crippen LogP contribution < -0.4 is 20.7 Å². The van der Waals surface area contributed by atoms with Crippen molar-refractivity contribution in [3.8, 4) is 11.1 Å². The lowest BCUT2D eigenvalue weighted by Gasteiger charge is -2.34. The Bertz CT molecular complexity index is 1660. The SMILES string of the molecule is [C-]#[N+]c1ccc([Si](c2ccccc2)(c2ccccc2)c2ccc(-c3ccc4ccccc4c3)cc2)cc1. The molecule has 6 rings (SSSR count). The lowest BCUT2D eigenvalue weighted by atomic mass is 10.0. The molecule has 6 aromatic carbocycles. The van der Waals surface area contributed by atoms with Gasteiger partial charge in [-0.3, -0.25) is 0 Å². The van der Waals surface area contributed by atoms with Crippen LogP contribution in [0.4, 0.5) is 5.69 Å². The Kier molecular flexibility index (Phi) is 5.98. The van der Waals surface area contributed by atoms with Crippen LogP contribution in [0.1, 0.15) is 0 Å². The molecule has 0 atom stereocenters. The summed E-state index contributed by atoms with van der Waals surface area (Å²) < 4.78 is 0. The van der Waals surface area contributed by atoms with Crippen molar-refractivity contribution in [3.63, 3.8) is 0 Å². The van der Waals surface area contributed by atoms with Crippen LogP contribution in [-0.2, 0) is 0 Å². The summed E-state index contributed by atoms with van der Waals surface area (Å²) in [6, 6.07) is 54.3. The Morgan fingerprint density at radius 2 is 0.865 bits per heavy atom. The van der Waals surface area contributed by atoms with Gasteiger partial charge < -0.3 is 0 Å². The van der Waals surface area contributed by atoms with Crippen molar-refractivity contribution < 1.29 is 0 Å². The highest BCUT2D eigenvalue weighted by molar-refractivity contribution is 7.19. The molecule has 0 fully saturated rings. The Labute approximate surface area is 219 Å². The van der Waals surface area contributed by atoms with E-state index in [1.165, 1.54) is 42.6 Å². The second-order valence-corrected chi connectivity index (χ2v) is 13.1. The summed E-state index contributed by atoms with van der Waals surface area (Å²) in [6.07, 6.45) is 0. The highest BCUT2D eigenvalue weighted by atomic mass is 28.3. The first kappa shape index (κ1) is 22.7. The van der Waals surface area contributed by atoms with Crippen LogP contribution in [0.25, 0.3) is 26.7 Å². The van der Waals surface area contributed by atoms with Gasteiger partial charge in [0.25, 0.3) is 0 Å². The van der Waals surface area contributed by atoms with Crippen LogP contribution in [0.15, 0.2) is 152 Å². The molecule has 0 bridgehead atoms. The molecule has 0 aliphatic heterocycles. The van der Waals surface area contributed by atoms with E-state index >= 15 is 0 Å². The Morgan fingerprint density at radius 1 is 0.405 bits per heavy atom. The molecule has 6 aromatic rings. The van der Waals surface area contributed by atoms with Gasteiger partial charge in [-0.05, 0) is 48.7 Å². The van der Waals surface area contributed by atoms with Gasteiger partial charge in [0.2, 0.25) is 0 Å². The quantitative estimate of drug-likeness (QED) is 0.150. The van der Waals surface area contributed by atoms with Crippen LogP contribution in [-0.4, -0.2) is 8.07 Å². The fourth-order valence-electron chi connectivity index (χ4n) is 5.44. The van der Waals surface area contributed by atoms with E-state index in [0.717, 1.165) is 0 Å². The Balaban J connectivity index is 1.57. The van der Waals surface area contributed by atoms with Crippen LogP contribution in [0.2, 0.25) is 0 Å². The number of nitrogens with zero attached hydrogens (tertiary/aromatic N) is 1. The van der Waals surface area contributed by atoms with E-state index in [4.69, 9.17) is 6.57 Å². The summed E-state index contributed by atoms with van der Waals surface area (Å²) in [7, 11) is -2.61. The molecule has 1 nitrogen and oxygen atoms in total. The van der Waals surface area contributed by atoms with Gasteiger partial charge in [0.05, 0.1) is 6.57 Å². The average molecular weight is 488 g/mol. The Hall–Kier alpha value is -4.71. The van der Waals surface area contributed by atoms with E-state index in [2.05, 4.69) is 144 Å². The minimum atomic E-state index is -2.61. The summed E-state index contributed by atoms with van der Waals surface area (Å²) >= 11 is 0. The monoisotopic (exact) mass is 487 g/mol. The molecule has 0 heterocycles. The van der Waals surface area contributed by atoms with Crippen LogP contribution in [0.3, 0.4) is 0 Å². The summed E-state index contributed by atoms with van der Waals surface area (Å²) in [5, 5.41) is 7.76. The molecular weight excluding hydrogens is 462 g/mol. The minimum Gasteiger partial charge on any atom is -0.238 e. The first-order valence-electron chi connectivity index (χ1n) is 12.5. The molecule has 0 N–H and O–H groups in total. The van der Waals surface area contributed by atoms with Gasteiger partial charge in [0.1, 0.15) is 0 Å². The predicted octanol–water partition coefficient (Wildman–Crippen LogP) is 6.43. The van der Waals surface area contributed by atoms with Crippen molar-refractivity contribution >= 4 is 45.3 Å². The molecule has 0 aromatic heterocycles. The van der Waals surface area contributed by atoms with Crippen LogP contribution in [0, 0.1) is 6.57 Å². The number of rotatable bonds is 5. The highest BCUT2D eigenvalue weighted by Crippen LogP contribution is 2.24. The van der Waals surface area contributed by atoms with Gasteiger partial charge >= 0.3 is 0 Å². The van der Waals surface area contributed by atoms with Crippen molar-refractivity contribution in [2.45, 2.75) is 0 Å². The van der Waals surface area contributed by atoms with Gasteiger partial charge in [-0.15, -0.1) is 0 Å². The van der Waals surface area contributed by atoms with Gasteiger partial charge in [-0.25, -0.2) is 4.85 Å². The second-order valence-electron chi connectivity index (χ2n) is 9.28. The van der Waals surface area contributed by atoms with Crippen molar-refractivity contribution in [1.29, 1.82) is 0 Å². The average Bonchev–Trinajstić information content (AvgIpc) is 2.99. The van der Waals surface area contributed by atoms with Gasteiger partial charge in [-0.1, -0.05) is 146 Å². The zero-order chi connectivity index (χ0) is 25.1. The zero-order valence-electron chi connectivity index (χ0n) is 20.4. The molecule has 0 radical (unpaired) electrons. The van der Waals surface area contributed by atoms with E-state index in [1.807, 2.05) is 12.1 Å². The number of benzene rings is 6. The maximum atomic E-state index is 7.45. The largest absolute Gasteiger partial charge is 0.238 e. The zero-order valence-corrected chi connectivity index (χ0v) is 21.4. The van der Waals surface area contributed by atoms with E-state index < -0.39 is 8.07 Å². The third kappa shape index (κ3) is 4.06. The lowest BCUT2D eigenvalue weighted by molar-refractivity contribution is 1.64. The van der Waals surface area contributed by atoms with Gasteiger partial charge in [0, 0.05) is 0 Å². The molecule has 0 aliphatic rings. The molecule has 0 amide bonds. The maximum Gasteiger partial charge on any atom is 0.187 e. The first-order chi connectivity index (χ1) is 18.3. The van der Waals surface area contributed by atoms with Crippen molar-refractivity contribution in [2.75, 3.05) is 0 Å². The molecule has 174 valence electrons. The number of hydrogen-bond donors (Lipinski definition) is 0. The molecule has 0 unspecified atom stereocenters. The molecule has 0 aliphatic carbocycles. The van der Waals surface area contributed by atoms with Crippen LogP contribution >= 0.6 is 0 Å². The smallest absolute Gasteiger partial charge is 0.187 e. The summed E-state index contributed by atoms with van der Waals surface area (Å²) in [4.78, 5) is 3.64. The van der Waals surface area contributed by atoms with Gasteiger partial charge in [0.15, 0.2) is 13.8 Å². The molecular formula is C35H25NSi. The van der Waals surface area contributed by atoms with E-state index in [0.29, 0.717) is 5.69 Å². The second kappa shape index (κ2) is 9.74. The minimum absolute atomic E-state index is 0.666. The molecule has 0 saturated carbocycles. The predicted molar refractivity (Wildman–Crippen MR) is 159 cm³/mol. The van der Waals surface area contributed by atoms with Crippen molar-refractivity contribution in [3.05, 3.63) is 163 Å². The summed E-state index contributed by atoms with van der Waals surface area (Å²) in [5.41, 5.74) is 3.10. The number of hydrogen-bond acceptors (Lipinski definition) is 0. The third-order valence-electron chi connectivity index (χ3n) is 7.24. The molecule has 37 heavy (non-hydrogen) atoms. The topological polar surface area (TPSA) is 4.36 Å². The number of fused-ring (bicyclic) bond motifs is 1. The summed E-state index contributed by atoms with van der Waals surface area (Å²) in [5.74, 6) is 0. The van der Waals surface area contributed by atoms with E-state index in [1.54, 1.807) is 0 Å². The highest BCUT2D eigenvalue weighted by Gasteiger charge is 2.41.